The number of hydrogen-bond acceptors (Lipinski definition) is 5. The second-order valence-corrected chi connectivity index (χ2v) is 7.79. The molecule has 3 aromatic carbocycles. The first-order valence-corrected chi connectivity index (χ1v) is 10.4. The molecule has 0 saturated heterocycles. The SMILES string of the molecule is O=C(COc1ccccc1Cl)NN=Cc1cc(Br)ccc1OC(=O)c1ccccc1Cl. The van der Waals surface area contributed by atoms with E-state index in [-0.39, 0.29) is 22.9 Å². The zero-order chi connectivity index (χ0) is 22.2. The standard InChI is InChI=1S/C22H15BrCl2N2O4/c23-15-9-10-19(31-22(29)16-5-1-2-6-17(16)24)14(11-15)12-26-27-21(28)13-30-20-8-4-3-7-18(20)25/h1-12H,13H2,(H,27,28). The van der Waals surface area contributed by atoms with Crippen molar-refractivity contribution in [2.24, 2.45) is 5.10 Å². The highest BCUT2D eigenvalue weighted by Crippen LogP contribution is 2.25. The van der Waals surface area contributed by atoms with Gasteiger partial charge in [0.15, 0.2) is 6.61 Å². The van der Waals surface area contributed by atoms with Crippen LogP contribution in [0.3, 0.4) is 0 Å². The van der Waals surface area contributed by atoms with Crippen LogP contribution in [0.1, 0.15) is 15.9 Å². The van der Waals surface area contributed by atoms with Gasteiger partial charge in [-0.25, -0.2) is 10.2 Å². The molecule has 0 aliphatic carbocycles. The number of para-hydroxylation sites is 1. The highest BCUT2D eigenvalue weighted by molar-refractivity contribution is 9.10. The van der Waals surface area contributed by atoms with E-state index in [9.17, 15) is 9.59 Å². The zero-order valence-corrected chi connectivity index (χ0v) is 18.9. The maximum absolute atomic E-state index is 12.4. The zero-order valence-electron chi connectivity index (χ0n) is 15.8. The minimum atomic E-state index is -0.611. The smallest absolute Gasteiger partial charge is 0.345 e. The lowest BCUT2D eigenvalue weighted by molar-refractivity contribution is -0.123. The number of nitrogens with one attached hydrogen (secondary N) is 1. The summed E-state index contributed by atoms with van der Waals surface area (Å²) in [7, 11) is 0. The molecule has 3 rings (SSSR count). The first kappa shape index (κ1) is 22.8. The summed E-state index contributed by atoms with van der Waals surface area (Å²) in [6, 6.07) is 18.4. The molecule has 1 amide bonds. The largest absolute Gasteiger partial charge is 0.482 e. The van der Waals surface area contributed by atoms with Gasteiger partial charge in [-0.05, 0) is 42.5 Å². The van der Waals surface area contributed by atoms with Gasteiger partial charge >= 0.3 is 5.97 Å². The molecule has 9 heteroatoms. The molecule has 0 aromatic heterocycles. The molecule has 6 nitrogen and oxygen atoms in total. The van der Waals surface area contributed by atoms with E-state index in [1.807, 2.05) is 0 Å². The van der Waals surface area contributed by atoms with E-state index in [1.54, 1.807) is 66.7 Å². The summed E-state index contributed by atoms with van der Waals surface area (Å²) in [6.45, 7) is -0.270. The first-order chi connectivity index (χ1) is 14.9. The molecule has 0 bridgehead atoms. The minimum Gasteiger partial charge on any atom is -0.482 e. The van der Waals surface area contributed by atoms with Gasteiger partial charge in [0.1, 0.15) is 11.5 Å². The molecule has 3 aromatic rings. The number of benzene rings is 3. The van der Waals surface area contributed by atoms with Crippen LogP contribution < -0.4 is 14.9 Å². The molecule has 0 aliphatic rings. The minimum absolute atomic E-state index is 0.236. The molecular formula is C22H15BrCl2N2O4. The van der Waals surface area contributed by atoms with E-state index in [0.29, 0.717) is 16.3 Å². The Bertz CT molecular complexity index is 1140. The Kier molecular flexibility index (Phi) is 8.06. The predicted octanol–water partition coefficient (Wildman–Crippen LogP) is 5.50. The van der Waals surface area contributed by atoms with Crippen molar-refractivity contribution >= 4 is 57.2 Å². The fraction of sp³-hybridized carbons (Fsp3) is 0.0455. The van der Waals surface area contributed by atoms with Crippen molar-refractivity contribution in [3.05, 3.63) is 92.4 Å². The van der Waals surface area contributed by atoms with E-state index < -0.39 is 11.9 Å². The van der Waals surface area contributed by atoms with E-state index >= 15 is 0 Å². The Morgan fingerprint density at radius 3 is 2.42 bits per heavy atom. The van der Waals surface area contributed by atoms with Crippen molar-refractivity contribution in [1.29, 1.82) is 0 Å². The number of nitrogens with zero attached hydrogens (tertiary/aromatic N) is 1. The van der Waals surface area contributed by atoms with Crippen LogP contribution in [0.5, 0.6) is 11.5 Å². The van der Waals surface area contributed by atoms with E-state index in [0.717, 1.165) is 4.47 Å². The maximum atomic E-state index is 12.4. The molecule has 0 radical (unpaired) electrons. The molecule has 0 heterocycles. The number of esters is 1. The van der Waals surface area contributed by atoms with E-state index in [4.69, 9.17) is 32.7 Å². The van der Waals surface area contributed by atoms with Gasteiger partial charge in [0, 0.05) is 10.0 Å². The molecule has 0 unspecified atom stereocenters. The fourth-order valence-corrected chi connectivity index (χ4v) is 3.19. The summed E-state index contributed by atoms with van der Waals surface area (Å²) >= 11 is 15.4. The van der Waals surface area contributed by atoms with Crippen molar-refractivity contribution in [3.63, 3.8) is 0 Å². The summed E-state index contributed by atoms with van der Waals surface area (Å²) in [5, 5.41) is 4.58. The van der Waals surface area contributed by atoms with Crippen LogP contribution in [0.15, 0.2) is 76.3 Å². The van der Waals surface area contributed by atoms with Crippen LogP contribution in [0, 0.1) is 0 Å². The molecule has 0 spiro atoms. The summed E-state index contributed by atoms with van der Waals surface area (Å²) < 4.78 is 11.5. The van der Waals surface area contributed by atoms with E-state index in [1.165, 1.54) is 6.21 Å². The van der Waals surface area contributed by atoms with Crippen molar-refractivity contribution in [1.82, 2.24) is 5.43 Å². The molecule has 0 fully saturated rings. The number of ether oxygens (including phenoxy) is 2. The number of amides is 1. The summed E-state index contributed by atoms with van der Waals surface area (Å²) in [6.07, 6.45) is 1.35. The van der Waals surface area contributed by atoms with Crippen LogP contribution in [0.2, 0.25) is 10.0 Å². The van der Waals surface area contributed by atoms with Crippen molar-refractivity contribution < 1.29 is 19.1 Å². The van der Waals surface area contributed by atoms with Gasteiger partial charge in [-0.3, -0.25) is 4.79 Å². The number of rotatable bonds is 7. The number of hydrogen-bond donors (Lipinski definition) is 1. The Balaban J connectivity index is 1.64. The first-order valence-electron chi connectivity index (χ1n) is 8.89. The molecule has 31 heavy (non-hydrogen) atoms. The highest BCUT2D eigenvalue weighted by Gasteiger charge is 2.14. The highest BCUT2D eigenvalue weighted by atomic mass is 79.9. The van der Waals surface area contributed by atoms with Crippen LogP contribution in [-0.4, -0.2) is 24.7 Å². The van der Waals surface area contributed by atoms with Crippen LogP contribution in [0.4, 0.5) is 0 Å². The monoisotopic (exact) mass is 520 g/mol. The Morgan fingerprint density at radius 2 is 1.68 bits per heavy atom. The average Bonchev–Trinajstić information content (AvgIpc) is 2.75. The molecular weight excluding hydrogens is 507 g/mol. The van der Waals surface area contributed by atoms with Crippen molar-refractivity contribution in [2.75, 3.05) is 6.61 Å². The van der Waals surface area contributed by atoms with Crippen molar-refractivity contribution in [2.45, 2.75) is 0 Å². The summed E-state index contributed by atoms with van der Waals surface area (Å²) in [5.74, 6) is -0.456. The number of hydrazone groups is 1. The van der Waals surface area contributed by atoms with Gasteiger partial charge in [0.2, 0.25) is 0 Å². The molecule has 0 aliphatic heterocycles. The van der Waals surface area contributed by atoms with Gasteiger partial charge < -0.3 is 9.47 Å². The Morgan fingerprint density at radius 1 is 0.968 bits per heavy atom. The van der Waals surface area contributed by atoms with E-state index in [2.05, 4.69) is 26.5 Å². The lowest BCUT2D eigenvalue weighted by Crippen LogP contribution is -2.24. The van der Waals surface area contributed by atoms with Gasteiger partial charge in [-0.2, -0.15) is 5.10 Å². The molecule has 0 saturated carbocycles. The van der Waals surface area contributed by atoms with Gasteiger partial charge in [-0.1, -0.05) is 63.4 Å². The quantitative estimate of drug-likeness (QED) is 0.192. The lowest BCUT2D eigenvalue weighted by Gasteiger charge is -2.09. The van der Waals surface area contributed by atoms with Gasteiger partial charge in [0.25, 0.3) is 5.91 Å². The molecule has 0 atom stereocenters. The third kappa shape index (κ3) is 6.55. The second kappa shape index (κ2) is 10.9. The molecule has 158 valence electrons. The summed E-state index contributed by atoms with van der Waals surface area (Å²) in [5.41, 5.74) is 3.04. The lowest BCUT2D eigenvalue weighted by atomic mass is 10.2. The predicted molar refractivity (Wildman–Crippen MR) is 123 cm³/mol. The molecule has 1 N–H and O–H groups in total. The van der Waals surface area contributed by atoms with Gasteiger partial charge in [0.05, 0.1) is 21.8 Å². The number of halogens is 3. The van der Waals surface area contributed by atoms with Gasteiger partial charge in [-0.15, -0.1) is 0 Å². The summed E-state index contributed by atoms with van der Waals surface area (Å²) in [4.78, 5) is 24.4. The number of carbonyl (C=O) groups excluding carboxylic acids is 2. The van der Waals surface area contributed by atoms with Crippen LogP contribution >= 0.6 is 39.1 Å². The normalized spacial score (nSPS) is 10.7. The Labute approximate surface area is 196 Å². The third-order valence-electron chi connectivity index (χ3n) is 3.86. The van der Waals surface area contributed by atoms with Crippen molar-refractivity contribution in [3.8, 4) is 11.5 Å². The van der Waals surface area contributed by atoms with Crippen LogP contribution in [0.25, 0.3) is 0 Å². The maximum Gasteiger partial charge on any atom is 0.345 e. The third-order valence-corrected chi connectivity index (χ3v) is 4.99. The topological polar surface area (TPSA) is 77.0 Å². The van der Waals surface area contributed by atoms with Crippen LogP contribution in [-0.2, 0) is 4.79 Å². The number of carbonyl (C=O) groups is 2. The fourth-order valence-electron chi connectivity index (χ4n) is 2.41. The second-order valence-electron chi connectivity index (χ2n) is 6.06. The average molecular weight is 522 g/mol. The Hall–Kier alpha value is -2.87.